The molecule has 5 atom stereocenters. The van der Waals surface area contributed by atoms with Gasteiger partial charge in [-0.1, -0.05) is 43.3 Å². The first-order valence-electron chi connectivity index (χ1n) is 11.4. The van der Waals surface area contributed by atoms with Gasteiger partial charge in [0.25, 0.3) is 0 Å². The largest absolute Gasteiger partial charge is 0.489 e. The third-order valence-corrected chi connectivity index (χ3v) is 8.19. The second-order valence-corrected chi connectivity index (χ2v) is 9.68. The zero-order valence-electron chi connectivity index (χ0n) is 18.3. The van der Waals surface area contributed by atoms with Crippen LogP contribution in [0.4, 0.5) is 0 Å². The summed E-state index contributed by atoms with van der Waals surface area (Å²) in [6, 6.07) is 16.8. The molecule has 0 radical (unpaired) electrons. The van der Waals surface area contributed by atoms with Crippen molar-refractivity contribution in [3.8, 4) is 5.75 Å². The summed E-state index contributed by atoms with van der Waals surface area (Å²) >= 11 is 0. The van der Waals surface area contributed by atoms with Crippen molar-refractivity contribution >= 4 is 11.8 Å². The van der Waals surface area contributed by atoms with Crippen LogP contribution in [0.25, 0.3) is 0 Å². The van der Waals surface area contributed by atoms with Gasteiger partial charge in [0.1, 0.15) is 18.3 Å². The first kappa shape index (κ1) is 20.3. The van der Waals surface area contributed by atoms with E-state index in [0.717, 1.165) is 37.0 Å². The Balaban J connectivity index is 1.35. The van der Waals surface area contributed by atoms with Gasteiger partial charge >= 0.3 is 5.97 Å². The molecule has 3 aliphatic carbocycles. The Kier molecular flexibility index (Phi) is 5.11. The third kappa shape index (κ3) is 3.37. The van der Waals surface area contributed by atoms with E-state index >= 15 is 0 Å². The normalized spacial score (nSPS) is 31.4. The van der Waals surface area contributed by atoms with Crippen LogP contribution in [0.15, 0.2) is 48.5 Å². The van der Waals surface area contributed by atoms with Gasteiger partial charge in [0, 0.05) is 5.41 Å². The van der Waals surface area contributed by atoms with Crippen molar-refractivity contribution in [3.63, 3.8) is 0 Å². The van der Waals surface area contributed by atoms with Crippen LogP contribution in [0, 0.1) is 23.2 Å². The Morgan fingerprint density at radius 3 is 2.71 bits per heavy atom. The third-order valence-electron chi connectivity index (χ3n) is 8.19. The number of carbonyl (C=O) groups excluding carboxylic acids is 2. The number of Topliss-reactive ketones (excluding diaryl/α,β-unsaturated/α-hetero) is 1. The van der Waals surface area contributed by atoms with Gasteiger partial charge in [-0.3, -0.25) is 9.59 Å². The SMILES string of the molecule is COC(=O)C1CC2C3CCc4cc(OCc5ccccc5)ccc4C3CC[C@]2(C)C1=O. The lowest BCUT2D eigenvalue weighted by molar-refractivity contribution is -0.149. The van der Waals surface area contributed by atoms with Gasteiger partial charge in [0.2, 0.25) is 0 Å². The fourth-order valence-corrected chi connectivity index (χ4v) is 6.55. The Morgan fingerprint density at radius 1 is 1.13 bits per heavy atom. The lowest BCUT2D eigenvalue weighted by atomic mass is 9.55. The Morgan fingerprint density at radius 2 is 1.94 bits per heavy atom. The fraction of sp³-hybridized carbons (Fsp3) is 0.481. The van der Waals surface area contributed by atoms with Gasteiger partial charge in [-0.15, -0.1) is 0 Å². The zero-order chi connectivity index (χ0) is 21.6. The lowest BCUT2D eigenvalue weighted by Crippen LogP contribution is -2.42. The number of aryl methyl sites for hydroxylation is 1. The molecule has 2 aromatic rings. The van der Waals surface area contributed by atoms with Crippen molar-refractivity contribution in [3.05, 3.63) is 65.2 Å². The zero-order valence-corrected chi connectivity index (χ0v) is 18.3. The molecule has 0 amide bonds. The number of fused-ring (bicyclic) bond motifs is 5. The second kappa shape index (κ2) is 7.81. The van der Waals surface area contributed by atoms with E-state index in [9.17, 15) is 9.59 Å². The quantitative estimate of drug-likeness (QED) is 0.513. The molecule has 31 heavy (non-hydrogen) atoms. The first-order valence-corrected chi connectivity index (χ1v) is 11.4. The second-order valence-electron chi connectivity index (χ2n) is 9.68. The lowest BCUT2D eigenvalue weighted by Gasteiger charge is -2.48. The molecule has 5 rings (SSSR count). The minimum atomic E-state index is -0.575. The van der Waals surface area contributed by atoms with Gasteiger partial charge in [0.05, 0.1) is 7.11 Å². The summed E-state index contributed by atoms with van der Waals surface area (Å²) in [5.74, 6) is 1.30. The average molecular weight is 419 g/mol. The standard InChI is InChI=1S/C27H30O4/c1-27-13-12-21-20-11-9-19(31-16-17-6-4-3-5-7-17)14-18(20)8-10-22(21)24(27)15-23(25(27)28)26(29)30-2/h3-7,9,11,14,21-24H,8,10,12-13,15-16H2,1-2H3/t21?,22?,23?,24?,27-/m0/s1. The van der Waals surface area contributed by atoms with Crippen molar-refractivity contribution in [1.29, 1.82) is 0 Å². The molecule has 4 unspecified atom stereocenters. The number of carbonyl (C=O) groups is 2. The molecule has 3 aliphatic rings. The summed E-state index contributed by atoms with van der Waals surface area (Å²) in [7, 11) is 1.39. The summed E-state index contributed by atoms with van der Waals surface area (Å²) in [5.41, 5.74) is 3.58. The summed E-state index contributed by atoms with van der Waals surface area (Å²) in [6.07, 6.45) is 4.59. The minimum absolute atomic E-state index is 0.109. The molecule has 4 nitrogen and oxygen atoms in total. The van der Waals surface area contributed by atoms with Crippen molar-refractivity contribution in [1.82, 2.24) is 0 Å². The predicted octanol–water partition coefficient (Wildman–Crippen LogP) is 5.09. The monoisotopic (exact) mass is 418 g/mol. The number of methoxy groups -OCH3 is 1. The van der Waals surface area contributed by atoms with E-state index in [1.165, 1.54) is 18.2 Å². The van der Waals surface area contributed by atoms with Crippen LogP contribution >= 0.6 is 0 Å². The van der Waals surface area contributed by atoms with Gasteiger partial charge in [-0.2, -0.15) is 0 Å². The molecule has 162 valence electrons. The molecule has 0 aromatic heterocycles. The molecule has 2 aromatic carbocycles. The molecule has 2 saturated carbocycles. The Hall–Kier alpha value is -2.62. The van der Waals surface area contributed by atoms with E-state index in [4.69, 9.17) is 9.47 Å². The number of hydrogen-bond donors (Lipinski definition) is 0. The van der Waals surface area contributed by atoms with Crippen LogP contribution in [-0.4, -0.2) is 18.9 Å². The van der Waals surface area contributed by atoms with Crippen LogP contribution in [-0.2, 0) is 27.4 Å². The molecule has 2 fully saturated rings. The first-order chi connectivity index (χ1) is 15.0. The number of ketones is 1. The van der Waals surface area contributed by atoms with Gasteiger partial charge in [-0.25, -0.2) is 0 Å². The summed E-state index contributed by atoms with van der Waals surface area (Å²) in [4.78, 5) is 25.3. The van der Waals surface area contributed by atoms with E-state index < -0.39 is 5.92 Å². The van der Waals surface area contributed by atoms with E-state index in [1.54, 1.807) is 0 Å². The minimum Gasteiger partial charge on any atom is -0.489 e. The molecule has 4 heteroatoms. The number of benzene rings is 2. The summed E-state index contributed by atoms with van der Waals surface area (Å²) in [6.45, 7) is 2.67. The molecule has 0 bridgehead atoms. The smallest absolute Gasteiger partial charge is 0.316 e. The Labute approximate surface area is 183 Å². The number of esters is 1. The number of rotatable bonds is 4. The van der Waals surface area contributed by atoms with Crippen LogP contribution in [0.2, 0.25) is 0 Å². The highest BCUT2D eigenvalue weighted by Crippen LogP contribution is 2.61. The topological polar surface area (TPSA) is 52.6 Å². The molecular formula is C27H30O4. The molecule has 0 heterocycles. The Bertz CT molecular complexity index is 998. The van der Waals surface area contributed by atoms with Crippen molar-refractivity contribution in [2.75, 3.05) is 7.11 Å². The highest BCUT2D eigenvalue weighted by Gasteiger charge is 2.59. The van der Waals surface area contributed by atoms with Crippen LogP contribution in [0.5, 0.6) is 5.75 Å². The van der Waals surface area contributed by atoms with Gasteiger partial charge in [0.15, 0.2) is 5.78 Å². The van der Waals surface area contributed by atoms with Crippen LogP contribution in [0.3, 0.4) is 0 Å². The van der Waals surface area contributed by atoms with Crippen molar-refractivity contribution in [2.45, 2.75) is 51.6 Å². The maximum atomic E-state index is 13.1. The highest BCUT2D eigenvalue weighted by molar-refractivity contribution is 6.04. The maximum Gasteiger partial charge on any atom is 0.316 e. The van der Waals surface area contributed by atoms with Crippen LogP contribution < -0.4 is 4.74 Å². The molecule has 0 aliphatic heterocycles. The molecule has 0 spiro atoms. The molecule has 0 N–H and O–H groups in total. The number of hydrogen-bond acceptors (Lipinski definition) is 4. The van der Waals surface area contributed by atoms with E-state index in [0.29, 0.717) is 24.9 Å². The highest BCUT2D eigenvalue weighted by atomic mass is 16.5. The average Bonchev–Trinajstić information content (AvgIpc) is 3.08. The van der Waals surface area contributed by atoms with Crippen molar-refractivity contribution < 1.29 is 19.1 Å². The predicted molar refractivity (Wildman–Crippen MR) is 118 cm³/mol. The molecule has 0 saturated heterocycles. The fourth-order valence-electron chi connectivity index (χ4n) is 6.55. The van der Waals surface area contributed by atoms with E-state index in [2.05, 4.69) is 37.3 Å². The maximum absolute atomic E-state index is 13.1. The summed E-state index contributed by atoms with van der Waals surface area (Å²) in [5, 5.41) is 0. The number of ether oxygens (including phenoxy) is 2. The summed E-state index contributed by atoms with van der Waals surface area (Å²) < 4.78 is 11.0. The van der Waals surface area contributed by atoms with E-state index in [-0.39, 0.29) is 23.1 Å². The van der Waals surface area contributed by atoms with Gasteiger partial charge < -0.3 is 9.47 Å². The van der Waals surface area contributed by atoms with E-state index in [1.807, 2.05) is 18.2 Å². The van der Waals surface area contributed by atoms with Crippen molar-refractivity contribution in [2.24, 2.45) is 23.2 Å². The molecular weight excluding hydrogens is 388 g/mol. The van der Waals surface area contributed by atoms with Crippen LogP contribution in [0.1, 0.15) is 55.2 Å². The van der Waals surface area contributed by atoms with Gasteiger partial charge in [-0.05, 0) is 78.7 Å².